The standard InChI is InChI=1S/C14H15N3O2.ClH/c15-14(4-1-5-14)13-16-12(19-17-13)9-2-3-10-7-18-8-11(10)6-9;/h2-3,6H,1,4-5,7-8,15H2;1H. The van der Waals surface area contributed by atoms with Crippen LogP contribution >= 0.6 is 12.4 Å². The van der Waals surface area contributed by atoms with Crippen molar-refractivity contribution < 1.29 is 9.26 Å². The molecule has 2 aromatic rings. The molecule has 1 aromatic carbocycles. The van der Waals surface area contributed by atoms with E-state index in [1.165, 1.54) is 11.1 Å². The van der Waals surface area contributed by atoms with Crippen LogP contribution in [-0.4, -0.2) is 10.1 Å². The van der Waals surface area contributed by atoms with Gasteiger partial charge in [0.25, 0.3) is 5.89 Å². The molecule has 0 bridgehead atoms. The molecule has 1 aliphatic carbocycles. The summed E-state index contributed by atoms with van der Waals surface area (Å²) >= 11 is 0. The van der Waals surface area contributed by atoms with E-state index in [0.29, 0.717) is 24.9 Å². The zero-order valence-electron chi connectivity index (χ0n) is 11.0. The van der Waals surface area contributed by atoms with E-state index in [2.05, 4.69) is 22.3 Å². The van der Waals surface area contributed by atoms with E-state index >= 15 is 0 Å². The Bertz CT molecular complexity index is 637. The number of hydrogen-bond acceptors (Lipinski definition) is 5. The van der Waals surface area contributed by atoms with Gasteiger partial charge in [-0.05, 0) is 42.5 Å². The van der Waals surface area contributed by atoms with E-state index in [9.17, 15) is 0 Å². The van der Waals surface area contributed by atoms with Gasteiger partial charge in [0.2, 0.25) is 0 Å². The molecule has 0 radical (unpaired) electrons. The average molecular weight is 294 g/mol. The minimum atomic E-state index is -0.373. The molecule has 1 saturated carbocycles. The molecule has 0 spiro atoms. The Balaban J connectivity index is 0.00000121. The number of nitrogens with zero attached hydrogens (tertiary/aromatic N) is 2. The largest absolute Gasteiger partial charge is 0.372 e. The molecule has 0 saturated heterocycles. The number of ether oxygens (including phenoxy) is 1. The van der Waals surface area contributed by atoms with Gasteiger partial charge in [-0.25, -0.2) is 0 Å². The summed E-state index contributed by atoms with van der Waals surface area (Å²) in [6.45, 7) is 1.35. The second-order valence-corrected chi connectivity index (χ2v) is 5.41. The highest BCUT2D eigenvalue weighted by Gasteiger charge is 2.39. The molecule has 106 valence electrons. The number of halogens is 1. The number of fused-ring (bicyclic) bond motifs is 1. The Morgan fingerprint density at radius 3 is 2.70 bits per heavy atom. The number of benzene rings is 1. The third-order valence-electron chi connectivity index (χ3n) is 4.09. The molecule has 0 atom stereocenters. The van der Waals surface area contributed by atoms with Gasteiger partial charge in [-0.2, -0.15) is 4.98 Å². The van der Waals surface area contributed by atoms with Crippen LogP contribution in [0.5, 0.6) is 0 Å². The molecular formula is C14H16ClN3O2. The van der Waals surface area contributed by atoms with Gasteiger partial charge in [-0.15, -0.1) is 12.4 Å². The van der Waals surface area contributed by atoms with Crippen molar-refractivity contribution in [3.63, 3.8) is 0 Å². The maximum absolute atomic E-state index is 6.20. The SMILES string of the molecule is Cl.NC1(c2noc(-c3ccc4c(c3)COC4)n2)CCC1. The quantitative estimate of drug-likeness (QED) is 0.921. The molecule has 0 amide bonds. The lowest BCUT2D eigenvalue weighted by atomic mass is 9.77. The van der Waals surface area contributed by atoms with E-state index in [4.69, 9.17) is 15.0 Å². The van der Waals surface area contributed by atoms with Gasteiger partial charge in [-0.1, -0.05) is 11.2 Å². The van der Waals surface area contributed by atoms with Gasteiger partial charge in [-0.3, -0.25) is 0 Å². The van der Waals surface area contributed by atoms with Crippen LogP contribution in [0.15, 0.2) is 22.7 Å². The van der Waals surface area contributed by atoms with E-state index in [1.54, 1.807) is 0 Å². The molecular weight excluding hydrogens is 278 g/mol. The van der Waals surface area contributed by atoms with Crippen LogP contribution in [0.1, 0.15) is 36.2 Å². The van der Waals surface area contributed by atoms with Gasteiger partial charge >= 0.3 is 0 Å². The molecule has 1 aliphatic heterocycles. The summed E-state index contributed by atoms with van der Waals surface area (Å²) in [5.41, 5.74) is 9.19. The van der Waals surface area contributed by atoms with E-state index in [0.717, 1.165) is 24.8 Å². The molecule has 1 fully saturated rings. The van der Waals surface area contributed by atoms with Gasteiger partial charge in [0.1, 0.15) is 0 Å². The average Bonchev–Trinajstić information content (AvgIpc) is 3.03. The summed E-state index contributed by atoms with van der Waals surface area (Å²) in [5.74, 6) is 1.17. The van der Waals surface area contributed by atoms with Crippen molar-refractivity contribution in [2.45, 2.75) is 38.0 Å². The first-order valence-corrected chi connectivity index (χ1v) is 6.58. The highest BCUT2D eigenvalue weighted by Crippen LogP contribution is 2.37. The summed E-state index contributed by atoms with van der Waals surface area (Å²) in [4.78, 5) is 4.46. The monoisotopic (exact) mass is 293 g/mol. The van der Waals surface area contributed by atoms with Crippen molar-refractivity contribution in [2.24, 2.45) is 5.73 Å². The summed E-state index contributed by atoms with van der Waals surface area (Å²) < 4.78 is 10.8. The smallest absolute Gasteiger partial charge is 0.258 e. The van der Waals surface area contributed by atoms with Crippen molar-refractivity contribution >= 4 is 12.4 Å². The van der Waals surface area contributed by atoms with Crippen molar-refractivity contribution in [1.82, 2.24) is 10.1 Å². The Morgan fingerprint density at radius 2 is 1.95 bits per heavy atom. The molecule has 6 heteroatoms. The number of hydrogen-bond donors (Lipinski definition) is 1. The summed E-state index contributed by atoms with van der Waals surface area (Å²) in [6.07, 6.45) is 3.00. The zero-order chi connectivity index (χ0) is 12.9. The Labute approximate surface area is 122 Å². The molecule has 0 unspecified atom stereocenters. The third-order valence-corrected chi connectivity index (χ3v) is 4.09. The van der Waals surface area contributed by atoms with Gasteiger partial charge in [0.15, 0.2) is 5.82 Å². The van der Waals surface area contributed by atoms with Crippen LogP contribution in [0.25, 0.3) is 11.5 Å². The number of aromatic nitrogens is 2. The fourth-order valence-electron chi connectivity index (χ4n) is 2.63. The topological polar surface area (TPSA) is 74.2 Å². The molecule has 1 aromatic heterocycles. The highest BCUT2D eigenvalue weighted by atomic mass is 35.5. The van der Waals surface area contributed by atoms with Crippen LogP contribution in [-0.2, 0) is 23.5 Å². The first kappa shape index (κ1) is 13.5. The van der Waals surface area contributed by atoms with Crippen molar-refractivity contribution in [1.29, 1.82) is 0 Å². The second-order valence-electron chi connectivity index (χ2n) is 5.41. The maximum Gasteiger partial charge on any atom is 0.258 e. The summed E-state index contributed by atoms with van der Waals surface area (Å²) in [7, 11) is 0. The number of nitrogens with two attached hydrogens (primary N) is 1. The summed E-state index contributed by atoms with van der Waals surface area (Å²) in [5, 5.41) is 4.04. The Kier molecular flexibility index (Phi) is 3.28. The predicted molar refractivity (Wildman–Crippen MR) is 75.2 cm³/mol. The molecule has 2 heterocycles. The molecule has 4 rings (SSSR count). The van der Waals surface area contributed by atoms with E-state index in [1.807, 2.05) is 6.07 Å². The van der Waals surface area contributed by atoms with Crippen LogP contribution in [0.2, 0.25) is 0 Å². The molecule has 20 heavy (non-hydrogen) atoms. The van der Waals surface area contributed by atoms with Gasteiger partial charge in [0, 0.05) is 5.56 Å². The van der Waals surface area contributed by atoms with Crippen molar-refractivity contribution in [3.8, 4) is 11.5 Å². The lowest BCUT2D eigenvalue weighted by Gasteiger charge is -2.34. The number of rotatable bonds is 2. The fourth-order valence-corrected chi connectivity index (χ4v) is 2.63. The van der Waals surface area contributed by atoms with Gasteiger partial charge < -0.3 is 15.0 Å². The van der Waals surface area contributed by atoms with Crippen molar-refractivity contribution in [3.05, 3.63) is 35.2 Å². The minimum absolute atomic E-state index is 0. The third kappa shape index (κ3) is 2.02. The first-order chi connectivity index (χ1) is 9.24. The maximum atomic E-state index is 6.20. The van der Waals surface area contributed by atoms with Crippen LogP contribution in [0.4, 0.5) is 0 Å². The highest BCUT2D eigenvalue weighted by molar-refractivity contribution is 5.85. The minimum Gasteiger partial charge on any atom is -0.372 e. The van der Waals surface area contributed by atoms with Crippen molar-refractivity contribution in [2.75, 3.05) is 0 Å². The predicted octanol–water partition coefficient (Wildman–Crippen LogP) is 2.53. The fraction of sp³-hybridized carbons (Fsp3) is 0.429. The Morgan fingerprint density at radius 1 is 1.15 bits per heavy atom. The zero-order valence-corrected chi connectivity index (χ0v) is 11.8. The lowest BCUT2D eigenvalue weighted by molar-refractivity contribution is 0.134. The van der Waals surface area contributed by atoms with Crippen LogP contribution < -0.4 is 5.73 Å². The summed E-state index contributed by atoms with van der Waals surface area (Å²) in [6, 6.07) is 6.11. The van der Waals surface area contributed by atoms with E-state index in [-0.39, 0.29) is 17.9 Å². The second kappa shape index (κ2) is 4.84. The van der Waals surface area contributed by atoms with Gasteiger partial charge in [0.05, 0.1) is 18.8 Å². The first-order valence-electron chi connectivity index (χ1n) is 6.58. The molecule has 2 aliphatic rings. The van der Waals surface area contributed by atoms with Crippen LogP contribution in [0.3, 0.4) is 0 Å². The van der Waals surface area contributed by atoms with E-state index < -0.39 is 0 Å². The lowest BCUT2D eigenvalue weighted by Crippen LogP contribution is -2.44. The molecule has 5 nitrogen and oxygen atoms in total. The normalized spacial score (nSPS) is 19.1. The van der Waals surface area contributed by atoms with Crippen LogP contribution in [0, 0.1) is 0 Å². The Hall–Kier alpha value is -1.43. The molecule has 2 N–H and O–H groups in total.